The van der Waals surface area contributed by atoms with Crippen LogP contribution in [0.5, 0.6) is 0 Å². The summed E-state index contributed by atoms with van der Waals surface area (Å²) < 4.78 is 0. The van der Waals surface area contributed by atoms with Crippen molar-refractivity contribution in [2.24, 2.45) is 0 Å². The van der Waals surface area contributed by atoms with E-state index >= 15 is 0 Å². The average Bonchev–Trinajstić information content (AvgIpc) is 2.72. The van der Waals surface area contributed by atoms with Gasteiger partial charge in [0.15, 0.2) is 5.60 Å². The second-order valence-corrected chi connectivity index (χ2v) is 4.37. The van der Waals surface area contributed by atoms with E-state index in [2.05, 4.69) is 0 Å². The van der Waals surface area contributed by atoms with Crippen LogP contribution in [0, 0.1) is 0 Å². The summed E-state index contributed by atoms with van der Waals surface area (Å²) in [4.78, 5) is 11.2. The zero-order valence-corrected chi connectivity index (χ0v) is 9.31. The van der Waals surface area contributed by atoms with Gasteiger partial charge in [0.2, 0.25) is 0 Å². The predicted molar refractivity (Wildman–Crippen MR) is 60.4 cm³/mol. The number of carbonyl (C=O) groups is 1. The van der Waals surface area contributed by atoms with E-state index in [-0.39, 0.29) is 12.3 Å². The summed E-state index contributed by atoms with van der Waals surface area (Å²) in [7, 11) is 0. The molecule has 0 radical (unpaired) electrons. The Bertz CT molecular complexity index is 413. The van der Waals surface area contributed by atoms with Crippen LogP contribution < -0.4 is 0 Å². The molecular weight excluding hydrogens is 204 g/mol. The zero-order valence-electron chi connectivity index (χ0n) is 9.31. The van der Waals surface area contributed by atoms with Gasteiger partial charge in [-0.05, 0) is 30.4 Å². The molecule has 86 valence electrons. The van der Waals surface area contributed by atoms with Crippen LogP contribution in [0.15, 0.2) is 24.3 Å². The minimum Gasteiger partial charge on any atom is -0.479 e. The van der Waals surface area contributed by atoms with E-state index < -0.39 is 11.6 Å². The molecule has 0 saturated carbocycles. The third-order valence-corrected chi connectivity index (χ3v) is 3.62. The van der Waals surface area contributed by atoms with Crippen LogP contribution in [0.25, 0.3) is 0 Å². The molecule has 0 heterocycles. The maximum atomic E-state index is 11.2. The molecule has 1 aliphatic rings. The molecule has 0 aliphatic heterocycles. The van der Waals surface area contributed by atoms with Crippen LogP contribution in [0.1, 0.15) is 36.8 Å². The molecule has 0 spiro atoms. The number of hydrogen-bond donors (Lipinski definition) is 2. The lowest BCUT2D eigenvalue weighted by Gasteiger charge is -2.29. The summed E-state index contributed by atoms with van der Waals surface area (Å²) in [6.45, 7) is 1.72. The van der Waals surface area contributed by atoms with Crippen LogP contribution in [-0.4, -0.2) is 21.8 Å². The Labute approximate surface area is 94.7 Å². The molecule has 0 saturated heterocycles. The molecule has 2 unspecified atom stereocenters. The maximum absolute atomic E-state index is 11.2. The highest BCUT2D eigenvalue weighted by Gasteiger charge is 2.45. The Morgan fingerprint density at radius 1 is 1.50 bits per heavy atom. The van der Waals surface area contributed by atoms with E-state index in [1.54, 1.807) is 6.92 Å². The van der Waals surface area contributed by atoms with Crippen molar-refractivity contribution in [3.63, 3.8) is 0 Å². The first-order valence-corrected chi connectivity index (χ1v) is 5.63. The highest BCUT2D eigenvalue weighted by molar-refractivity contribution is 5.79. The molecule has 2 N–H and O–H groups in total. The summed E-state index contributed by atoms with van der Waals surface area (Å²) in [5, 5.41) is 19.4. The van der Waals surface area contributed by atoms with Crippen molar-refractivity contribution in [3.8, 4) is 0 Å². The minimum absolute atomic E-state index is 0.237. The fraction of sp³-hybridized carbons (Fsp3) is 0.462. The van der Waals surface area contributed by atoms with Gasteiger partial charge in [0.1, 0.15) is 0 Å². The van der Waals surface area contributed by atoms with Gasteiger partial charge in [0.05, 0.1) is 0 Å². The number of aryl methyl sites for hydroxylation is 1. The molecule has 16 heavy (non-hydrogen) atoms. The highest BCUT2D eigenvalue weighted by atomic mass is 16.4. The first-order valence-electron chi connectivity index (χ1n) is 5.63. The Hall–Kier alpha value is -1.35. The van der Waals surface area contributed by atoms with Gasteiger partial charge in [-0.15, -0.1) is 0 Å². The topological polar surface area (TPSA) is 57.5 Å². The molecule has 0 bridgehead atoms. The SMILES string of the molecule is CCC(O)(C(=O)O)C1CCc2ccccc21. The van der Waals surface area contributed by atoms with Crippen LogP contribution in [0.4, 0.5) is 0 Å². The molecule has 0 fully saturated rings. The Kier molecular flexibility index (Phi) is 2.72. The third-order valence-electron chi connectivity index (χ3n) is 3.62. The quantitative estimate of drug-likeness (QED) is 0.818. The lowest BCUT2D eigenvalue weighted by Crippen LogP contribution is -2.43. The average molecular weight is 220 g/mol. The van der Waals surface area contributed by atoms with Gasteiger partial charge in [0, 0.05) is 5.92 Å². The van der Waals surface area contributed by atoms with E-state index in [1.807, 2.05) is 24.3 Å². The van der Waals surface area contributed by atoms with Gasteiger partial charge in [-0.25, -0.2) is 4.79 Å². The van der Waals surface area contributed by atoms with Crippen molar-refractivity contribution in [2.75, 3.05) is 0 Å². The Balaban J connectivity index is 2.41. The number of benzene rings is 1. The fourth-order valence-corrected chi connectivity index (χ4v) is 2.60. The van der Waals surface area contributed by atoms with Crippen molar-refractivity contribution >= 4 is 5.97 Å². The van der Waals surface area contributed by atoms with Gasteiger partial charge in [-0.2, -0.15) is 0 Å². The first kappa shape index (κ1) is 11.1. The number of carboxylic acid groups (broad SMARTS) is 1. The van der Waals surface area contributed by atoms with Crippen LogP contribution in [-0.2, 0) is 11.2 Å². The number of carboxylic acids is 1. The van der Waals surface area contributed by atoms with E-state index in [0.717, 1.165) is 18.4 Å². The molecule has 1 aliphatic carbocycles. The molecular formula is C13H16O3. The van der Waals surface area contributed by atoms with Crippen LogP contribution >= 0.6 is 0 Å². The van der Waals surface area contributed by atoms with Crippen LogP contribution in [0.2, 0.25) is 0 Å². The molecule has 3 heteroatoms. The second kappa shape index (κ2) is 3.91. The molecule has 1 aromatic rings. The molecule has 0 amide bonds. The van der Waals surface area contributed by atoms with Crippen LogP contribution in [0.3, 0.4) is 0 Å². The largest absolute Gasteiger partial charge is 0.479 e. The monoisotopic (exact) mass is 220 g/mol. The maximum Gasteiger partial charge on any atom is 0.336 e. The van der Waals surface area contributed by atoms with E-state index in [9.17, 15) is 9.90 Å². The number of rotatable bonds is 3. The van der Waals surface area contributed by atoms with E-state index in [1.165, 1.54) is 5.56 Å². The highest BCUT2D eigenvalue weighted by Crippen LogP contribution is 2.42. The van der Waals surface area contributed by atoms with Crippen molar-refractivity contribution in [1.82, 2.24) is 0 Å². The van der Waals surface area contributed by atoms with E-state index in [4.69, 9.17) is 5.11 Å². The van der Waals surface area contributed by atoms with Crippen molar-refractivity contribution < 1.29 is 15.0 Å². The minimum atomic E-state index is -1.62. The van der Waals surface area contributed by atoms with Gasteiger partial charge in [-0.1, -0.05) is 31.2 Å². The predicted octanol–water partition coefficient (Wildman–Crippen LogP) is 1.94. The normalized spacial score (nSPS) is 22.5. The second-order valence-electron chi connectivity index (χ2n) is 4.37. The smallest absolute Gasteiger partial charge is 0.336 e. The summed E-state index contributed by atoms with van der Waals surface area (Å²) in [6.07, 6.45) is 1.81. The summed E-state index contributed by atoms with van der Waals surface area (Å²) in [5.41, 5.74) is 0.543. The van der Waals surface area contributed by atoms with Crippen molar-refractivity contribution in [2.45, 2.75) is 37.7 Å². The lowest BCUT2D eigenvalue weighted by molar-refractivity contribution is -0.161. The number of fused-ring (bicyclic) bond motifs is 1. The van der Waals surface area contributed by atoms with Gasteiger partial charge >= 0.3 is 5.97 Å². The van der Waals surface area contributed by atoms with Gasteiger partial charge in [0.25, 0.3) is 0 Å². The lowest BCUT2D eigenvalue weighted by atomic mass is 9.81. The Morgan fingerprint density at radius 2 is 2.19 bits per heavy atom. The summed E-state index contributed by atoms with van der Waals surface area (Å²) in [5.74, 6) is -1.39. The van der Waals surface area contributed by atoms with Crippen molar-refractivity contribution in [3.05, 3.63) is 35.4 Å². The number of aliphatic hydroxyl groups is 1. The van der Waals surface area contributed by atoms with Gasteiger partial charge in [-0.3, -0.25) is 0 Å². The summed E-state index contributed by atoms with van der Waals surface area (Å²) >= 11 is 0. The number of aliphatic carboxylic acids is 1. The molecule has 2 rings (SSSR count). The van der Waals surface area contributed by atoms with Gasteiger partial charge < -0.3 is 10.2 Å². The van der Waals surface area contributed by atoms with Crippen molar-refractivity contribution in [1.29, 1.82) is 0 Å². The Morgan fingerprint density at radius 3 is 2.81 bits per heavy atom. The molecule has 2 atom stereocenters. The molecule has 3 nitrogen and oxygen atoms in total. The zero-order chi connectivity index (χ0) is 11.8. The third kappa shape index (κ3) is 1.52. The standard InChI is InChI=1S/C13H16O3/c1-2-13(16,12(14)15)11-8-7-9-5-3-4-6-10(9)11/h3-6,11,16H,2,7-8H2,1H3,(H,14,15). The summed E-state index contributed by atoms with van der Waals surface area (Å²) in [6, 6.07) is 7.78. The molecule has 0 aromatic heterocycles. The molecule has 1 aromatic carbocycles. The fourth-order valence-electron chi connectivity index (χ4n) is 2.60. The van der Waals surface area contributed by atoms with E-state index in [0.29, 0.717) is 0 Å². The number of hydrogen-bond acceptors (Lipinski definition) is 2. The first-order chi connectivity index (χ1) is 7.59.